The Morgan fingerprint density at radius 1 is 1.25 bits per heavy atom. The summed E-state index contributed by atoms with van der Waals surface area (Å²) in [5.41, 5.74) is -0.0343. The van der Waals surface area contributed by atoms with E-state index in [1.807, 2.05) is 0 Å². The highest BCUT2D eigenvalue weighted by Crippen LogP contribution is 2.27. The maximum atomic E-state index is 12.6. The van der Waals surface area contributed by atoms with Crippen LogP contribution < -0.4 is 10.0 Å². The van der Waals surface area contributed by atoms with E-state index in [-0.39, 0.29) is 11.5 Å². The van der Waals surface area contributed by atoms with Gasteiger partial charge in [0.05, 0.1) is 12.1 Å². The number of hydrogen-bond acceptors (Lipinski definition) is 5. The lowest BCUT2D eigenvalue weighted by Crippen LogP contribution is -2.46. The summed E-state index contributed by atoms with van der Waals surface area (Å²) in [6, 6.07) is 0. The Morgan fingerprint density at radius 3 is 2.35 bits per heavy atom. The first-order chi connectivity index (χ1) is 9.14. The van der Waals surface area contributed by atoms with Crippen LogP contribution in [0.4, 0.5) is 0 Å². The molecule has 1 aromatic heterocycles. The van der Waals surface area contributed by atoms with Gasteiger partial charge in [-0.3, -0.25) is 0 Å². The highest BCUT2D eigenvalue weighted by Gasteiger charge is 2.31. The second kappa shape index (κ2) is 6.26. The first-order valence-corrected chi connectivity index (χ1v) is 7.89. The van der Waals surface area contributed by atoms with Gasteiger partial charge in [-0.2, -0.15) is 0 Å². The van der Waals surface area contributed by atoms with E-state index in [4.69, 9.17) is 9.15 Å². The predicted molar refractivity (Wildman–Crippen MR) is 77.2 cm³/mol. The van der Waals surface area contributed by atoms with Crippen LogP contribution in [0.5, 0.6) is 0 Å². The summed E-state index contributed by atoms with van der Waals surface area (Å²) in [7, 11) is -0.365. The van der Waals surface area contributed by atoms with Crippen LogP contribution in [0.2, 0.25) is 0 Å². The predicted octanol–water partition coefficient (Wildman–Crippen LogP) is 1.32. The van der Waals surface area contributed by atoms with Gasteiger partial charge >= 0.3 is 0 Å². The molecule has 1 heterocycles. The van der Waals surface area contributed by atoms with E-state index in [9.17, 15) is 8.42 Å². The zero-order valence-electron chi connectivity index (χ0n) is 13.0. The Balaban J connectivity index is 3.22. The molecule has 1 aromatic rings. The van der Waals surface area contributed by atoms with Crippen LogP contribution in [-0.4, -0.2) is 34.7 Å². The van der Waals surface area contributed by atoms with Crippen molar-refractivity contribution in [2.24, 2.45) is 0 Å². The second-order valence-corrected chi connectivity index (χ2v) is 7.09. The van der Waals surface area contributed by atoms with E-state index in [1.54, 1.807) is 34.7 Å². The smallest absolute Gasteiger partial charge is 0.244 e. The number of hydrogen-bond donors (Lipinski definition) is 2. The minimum atomic E-state index is -3.67. The number of aryl methyl sites for hydroxylation is 2. The third-order valence-corrected chi connectivity index (χ3v) is 4.76. The van der Waals surface area contributed by atoms with Crippen molar-refractivity contribution < 1.29 is 17.6 Å². The van der Waals surface area contributed by atoms with E-state index in [0.717, 1.165) is 0 Å². The van der Waals surface area contributed by atoms with E-state index in [1.165, 1.54) is 7.11 Å². The number of ether oxygens (including phenoxy) is 1. The zero-order chi connectivity index (χ0) is 15.6. The van der Waals surface area contributed by atoms with Crippen molar-refractivity contribution >= 4 is 10.0 Å². The quantitative estimate of drug-likeness (QED) is 0.794. The van der Waals surface area contributed by atoms with Crippen molar-refractivity contribution in [3.63, 3.8) is 0 Å². The van der Waals surface area contributed by atoms with Gasteiger partial charge in [-0.1, -0.05) is 0 Å². The zero-order valence-corrected chi connectivity index (χ0v) is 13.8. The third kappa shape index (κ3) is 3.82. The Kier molecular flexibility index (Phi) is 5.37. The van der Waals surface area contributed by atoms with Gasteiger partial charge < -0.3 is 14.5 Å². The molecular weight excluding hydrogens is 280 g/mol. The molecule has 0 fully saturated rings. The molecule has 0 aliphatic heterocycles. The van der Waals surface area contributed by atoms with Crippen LogP contribution in [0.15, 0.2) is 9.31 Å². The van der Waals surface area contributed by atoms with Crippen molar-refractivity contribution in [1.82, 2.24) is 10.0 Å². The van der Waals surface area contributed by atoms with Gasteiger partial charge in [0.25, 0.3) is 0 Å². The fourth-order valence-electron chi connectivity index (χ4n) is 2.25. The summed E-state index contributed by atoms with van der Waals surface area (Å²) >= 11 is 0. The fourth-order valence-corrected chi connectivity index (χ4v) is 4.10. The molecule has 116 valence electrons. The van der Waals surface area contributed by atoms with Gasteiger partial charge in [0.2, 0.25) is 10.0 Å². The molecule has 1 rings (SSSR count). The molecule has 0 bridgehead atoms. The molecule has 0 aliphatic rings. The van der Waals surface area contributed by atoms with Crippen molar-refractivity contribution in [1.29, 1.82) is 0 Å². The summed E-state index contributed by atoms with van der Waals surface area (Å²) in [6.45, 7) is 7.68. The lowest BCUT2D eigenvalue weighted by atomic mass is 10.1. The molecule has 0 aromatic carbocycles. The van der Waals surface area contributed by atoms with Crippen LogP contribution >= 0.6 is 0 Å². The average Bonchev–Trinajstić information content (AvgIpc) is 2.53. The molecule has 0 spiro atoms. The Labute approximate surface area is 120 Å². The molecule has 0 saturated heterocycles. The summed E-state index contributed by atoms with van der Waals surface area (Å²) in [6.07, 6.45) is 0. The van der Waals surface area contributed by atoms with E-state index in [0.29, 0.717) is 23.6 Å². The van der Waals surface area contributed by atoms with E-state index in [2.05, 4.69) is 10.0 Å². The summed E-state index contributed by atoms with van der Waals surface area (Å²) in [5.74, 6) is 1.01. The molecular formula is C13H24N2O4S. The van der Waals surface area contributed by atoms with E-state index >= 15 is 0 Å². The van der Waals surface area contributed by atoms with Crippen LogP contribution in [0.1, 0.15) is 30.9 Å². The fraction of sp³-hybridized carbons (Fsp3) is 0.692. The van der Waals surface area contributed by atoms with Gasteiger partial charge in [0, 0.05) is 19.2 Å². The first-order valence-electron chi connectivity index (χ1n) is 6.41. The molecule has 0 atom stereocenters. The summed E-state index contributed by atoms with van der Waals surface area (Å²) < 4.78 is 38.4. The highest BCUT2D eigenvalue weighted by molar-refractivity contribution is 7.89. The molecule has 0 amide bonds. The van der Waals surface area contributed by atoms with Crippen molar-refractivity contribution in [3.8, 4) is 0 Å². The molecule has 6 nitrogen and oxygen atoms in total. The van der Waals surface area contributed by atoms with Crippen LogP contribution in [0, 0.1) is 13.8 Å². The van der Waals surface area contributed by atoms with Gasteiger partial charge in [0.15, 0.2) is 0 Å². The normalized spacial score (nSPS) is 12.9. The molecule has 0 radical (unpaired) electrons. The second-order valence-electron chi connectivity index (χ2n) is 5.47. The number of furan rings is 1. The monoisotopic (exact) mass is 304 g/mol. The Bertz CT molecular complexity index is 561. The topological polar surface area (TPSA) is 80.6 Å². The Morgan fingerprint density at radius 2 is 1.85 bits per heavy atom. The molecule has 0 unspecified atom stereocenters. The number of methoxy groups -OCH3 is 1. The van der Waals surface area contributed by atoms with Crippen LogP contribution in [-0.2, 0) is 21.3 Å². The maximum Gasteiger partial charge on any atom is 0.244 e. The Hall–Kier alpha value is -0.890. The van der Waals surface area contributed by atoms with Gasteiger partial charge in [-0.05, 0) is 34.7 Å². The average molecular weight is 304 g/mol. The molecule has 0 aliphatic carbocycles. The largest absolute Gasteiger partial charge is 0.465 e. The van der Waals surface area contributed by atoms with Crippen LogP contribution in [0.3, 0.4) is 0 Å². The van der Waals surface area contributed by atoms with Gasteiger partial charge in [-0.25, -0.2) is 13.1 Å². The first kappa shape index (κ1) is 17.2. The highest BCUT2D eigenvalue weighted by atomic mass is 32.2. The minimum absolute atomic E-state index is 0.216. The number of sulfonamides is 1. The van der Waals surface area contributed by atoms with Crippen molar-refractivity contribution in [3.05, 3.63) is 17.1 Å². The molecule has 7 heteroatoms. The molecule has 0 saturated carbocycles. The van der Waals surface area contributed by atoms with Crippen molar-refractivity contribution in [2.45, 2.75) is 44.7 Å². The molecule has 20 heavy (non-hydrogen) atoms. The lowest BCUT2D eigenvalue weighted by Gasteiger charge is -2.25. The summed E-state index contributed by atoms with van der Waals surface area (Å²) in [5, 5.41) is 2.96. The van der Waals surface area contributed by atoms with E-state index < -0.39 is 15.6 Å². The SMILES string of the molecule is CNCc1c(C)oc(C)c1S(=O)(=O)NC(C)(C)COC. The molecule has 2 N–H and O–H groups in total. The third-order valence-electron chi connectivity index (χ3n) is 2.86. The lowest BCUT2D eigenvalue weighted by molar-refractivity contribution is 0.141. The number of rotatable bonds is 7. The maximum absolute atomic E-state index is 12.6. The number of nitrogens with one attached hydrogen (secondary N) is 2. The summed E-state index contributed by atoms with van der Waals surface area (Å²) in [4.78, 5) is 0.216. The minimum Gasteiger partial charge on any atom is -0.465 e. The van der Waals surface area contributed by atoms with Crippen LogP contribution in [0.25, 0.3) is 0 Å². The standard InChI is InChI=1S/C13H24N2O4S/c1-9-11(7-14-5)12(10(2)19-9)20(16,17)15-13(3,4)8-18-6/h14-15H,7-8H2,1-6H3. The van der Waals surface area contributed by atoms with Crippen molar-refractivity contribution in [2.75, 3.05) is 20.8 Å². The van der Waals surface area contributed by atoms with Gasteiger partial charge in [0.1, 0.15) is 16.4 Å². The van der Waals surface area contributed by atoms with Gasteiger partial charge in [-0.15, -0.1) is 0 Å².